The smallest absolute Gasteiger partial charge is 0.410 e. The van der Waals surface area contributed by atoms with Crippen LogP contribution < -0.4 is 0 Å². The zero-order chi connectivity index (χ0) is 14.8. The maximum atomic E-state index is 13.0. The molecule has 1 aromatic heterocycles. The van der Waals surface area contributed by atoms with Gasteiger partial charge in [0.2, 0.25) is 0 Å². The zero-order valence-corrected chi connectivity index (χ0v) is 11.6. The van der Waals surface area contributed by atoms with E-state index in [1.54, 1.807) is 24.0 Å². The van der Waals surface area contributed by atoms with Gasteiger partial charge < -0.3 is 14.2 Å². The summed E-state index contributed by atoms with van der Waals surface area (Å²) in [5, 5.41) is 4.05. The third-order valence-corrected chi connectivity index (χ3v) is 3.47. The van der Waals surface area contributed by atoms with Crippen LogP contribution >= 0.6 is 0 Å². The molecule has 110 valence electrons. The number of benzene rings is 1. The van der Waals surface area contributed by atoms with Gasteiger partial charge in [-0.2, -0.15) is 0 Å². The summed E-state index contributed by atoms with van der Waals surface area (Å²) >= 11 is 0. The molecular weight excluding hydrogens is 275 g/mol. The lowest BCUT2D eigenvalue weighted by molar-refractivity contribution is 0.102. The SMILES string of the molecule is CCOC(=O)N1CCc2noc(-c3ccc(F)cc3)c2C1. The maximum absolute atomic E-state index is 13.0. The molecule has 0 fully saturated rings. The summed E-state index contributed by atoms with van der Waals surface area (Å²) in [5.41, 5.74) is 2.45. The molecule has 1 amide bonds. The van der Waals surface area contributed by atoms with Crippen molar-refractivity contribution in [2.45, 2.75) is 19.9 Å². The highest BCUT2D eigenvalue weighted by Gasteiger charge is 2.28. The normalized spacial score (nSPS) is 13.9. The molecule has 6 heteroatoms. The Morgan fingerprint density at radius 1 is 1.43 bits per heavy atom. The average Bonchev–Trinajstić information content (AvgIpc) is 2.91. The van der Waals surface area contributed by atoms with Gasteiger partial charge in [0.05, 0.1) is 18.8 Å². The molecule has 0 saturated heterocycles. The van der Waals surface area contributed by atoms with Gasteiger partial charge >= 0.3 is 6.09 Å². The number of carbonyl (C=O) groups is 1. The maximum Gasteiger partial charge on any atom is 0.410 e. The molecule has 5 nitrogen and oxygen atoms in total. The van der Waals surface area contributed by atoms with E-state index in [1.165, 1.54) is 12.1 Å². The van der Waals surface area contributed by atoms with Crippen molar-refractivity contribution in [3.8, 4) is 11.3 Å². The van der Waals surface area contributed by atoms with Gasteiger partial charge in [-0.25, -0.2) is 9.18 Å². The molecule has 0 spiro atoms. The average molecular weight is 290 g/mol. The van der Waals surface area contributed by atoms with Crippen LogP contribution in [0.1, 0.15) is 18.2 Å². The lowest BCUT2D eigenvalue weighted by Gasteiger charge is -2.25. The van der Waals surface area contributed by atoms with Crippen LogP contribution in [0.15, 0.2) is 28.8 Å². The van der Waals surface area contributed by atoms with Gasteiger partial charge in [0, 0.05) is 24.1 Å². The Hall–Kier alpha value is -2.37. The Labute approximate surface area is 121 Å². The van der Waals surface area contributed by atoms with Gasteiger partial charge in [0.25, 0.3) is 0 Å². The van der Waals surface area contributed by atoms with Gasteiger partial charge in [-0.15, -0.1) is 0 Å². The molecule has 2 heterocycles. The van der Waals surface area contributed by atoms with Gasteiger partial charge in [-0.05, 0) is 31.2 Å². The van der Waals surface area contributed by atoms with E-state index in [-0.39, 0.29) is 11.9 Å². The highest BCUT2D eigenvalue weighted by atomic mass is 19.1. The van der Waals surface area contributed by atoms with Crippen molar-refractivity contribution < 1.29 is 18.4 Å². The molecule has 0 atom stereocenters. The summed E-state index contributed by atoms with van der Waals surface area (Å²) in [6.45, 7) is 3.07. The molecule has 2 aromatic rings. The number of halogens is 1. The van der Waals surface area contributed by atoms with Gasteiger partial charge in [-0.3, -0.25) is 0 Å². The number of carbonyl (C=O) groups excluding carboxylic acids is 1. The Balaban J connectivity index is 1.89. The third kappa shape index (κ3) is 2.61. The van der Waals surface area contributed by atoms with Crippen LogP contribution in [0.4, 0.5) is 9.18 Å². The predicted molar refractivity (Wildman–Crippen MR) is 73.0 cm³/mol. The summed E-state index contributed by atoms with van der Waals surface area (Å²) < 4.78 is 23.4. The second kappa shape index (κ2) is 5.55. The van der Waals surface area contributed by atoms with Crippen molar-refractivity contribution in [1.82, 2.24) is 10.1 Å². The summed E-state index contributed by atoms with van der Waals surface area (Å²) in [7, 11) is 0. The van der Waals surface area contributed by atoms with Crippen molar-refractivity contribution in [3.63, 3.8) is 0 Å². The minimum absolute atomic E-state index is 0.305. The van der Waals surface area contributed by atoms with Crippen molar-refractivity contribution >= 4 is 6.09 Å². The van der Waals surface area contributed by atoms with Crippen molar-refractivity contribution in [1.29, 1.82) is 0 Å². The van der Waals surface area contributed by atoms with Crippen LogP contribution in [-0.2, 0) is 17.7 Å². The Morgan fingerprint density at radius 3 is 2.90 bits per heavy atom. The van der Waals surface area contributed by atoms with E-state index in [0.717, 1.165) is 16.8 Å². The van der Waals surface area contributed by atoms with E-state index in [2.05, 4.69) is 5.16 Å². The summed E-state index contributed by atoms with van der Waals surface area (Å²) in [4.78, 5) is 13.4. The number of aromatic nitrogens is 1. The van der Waals surface area contributed by atoms with Crippen molar-refractivity contribution in [2.75, 3.05) is 13.2 Å². The van der Waals surface area contributed by atoms with Crippen molar-refractivity contribution in [2.24, 2.45) is 0 Å². The van der Waals surface area contributed by atoms with Crippen LogP contribution in [0.2, 0.25) is 0 Å². The highest BCUT2D eigenvalue weighted by molar-refractivity contribution is 5.69. The molecule has 3 rings (SSSR count). The minimum Gasteiger partial charge on any atom is -0.450 e. The fraction of sp³-hybridized carbons (Fsp3) is 0.333. The fourth-order valence-electron chi connectivity index (χ4n) is 2.41. The van der Waals surface area contributed by atoms with E-state index in [0.29, 0.717) is 31.9 Å². The van der Waals surface area contributed by atoms with Crippen LogP contribution in [0.3, 0.4) is 0 Å². The van der Waals surface area contributed by atoms with E-state index >= 15 is 0 Å². The number of ether oxygens (including phenoxy) is 1. The fourth-order valence-corrected chi connectivity index (χ4v) is 2.41. The summed E-state index contributed by atoms with van der Waals surface area (Å²) in [5.74, 6) is 0.277. The lowest BCUT2D eigenvalue weighted by Crippen LogP contribution is -2.36. The number of fused-ring (bicyclic) bond motifs is 1. The molecule has 0 unspecified atom stereocenters. The highest BCUT2D eigenvalue weighted by Crippen LogP contribution is 2.30. The summed E-state index contributed by atoms with van der Waals surface area (Å²) in [6, 6.07) is 6.02. The molecule has 0 N–H and O–H groups in total. The first-order chi connectivity index (χ1) is 10.2. The first kappa shape index (κ1) is 13.6. The van der Waals surface area contributed by atoms with Crippen molar-refractivity contribution in [3.05, 3.63) is 41.3 Å². The Kier molecular flexibility index (Phi) is 3.60. The summed E-state index contributed by atoms with van der Waals surface area (Å²) in [6.07, 6.45) is 0.285. The minimum atomic E-state index is -0.339. The van der Waals surface area contributed by atoms with Gasteiger partial charge in [-0.1, -0.05) is 5.16 Å². The molecular formula is C15H15FN2O3. The zero-order valence-electron chi connectivity index (χ0n) is 11.6. The van der Waals surface area contributed by atoms with Crippen LogP contribution in [-0.4, -0.2) is 29.3 Å². The second-order valence-corrected chi connectivity index (χ2v) is 4.81. The molecule has 0 bridgehead atoms. The lowest BCUT2D eigenvalue weighted by atomic mass is 10.0. The number of amides is 1. The molecule has 1 aliphatic heterocycles. The predicted octanol–water partition coefficient (Wildman–Crippen LogP) is 3.00. The number of hydrogen-bond acceptors (Lipinski definition) is 4. The quantitative estimate of drug-likeness (QED) is 0.853. The van der Waals surface area contributed by atoms with Crippen LogP contribution in [0.5, 0.6) is 0 Å². The third-order valence-electron chi connectivity index (χ3n) is 3.47. The molecule has 0 saturated carbocycles. The Morgan fingerprint density at radius 2 is 2.19 bits per heavy atom. The standard InChI is InChI=1S/C15H15FN2O3/c1-2-20-15(19)18-8-7-13-12(9-18)14(21-17-13)10-3-5-11(16)6-4-10/h3-6H,2,7-9H2,1H3. The topological polar surface area (TPSA) is 55.6 Å². The first-order valence-corrected chi connectivity index (χ1v) is 6.84. The van der Waals surface area contributed by atoms with E-state index in [1.807, 2.05) is 0 Å². The van der Waals surface area contributed by atoms with Crippen LogP contribution in [0, 0.1) is 5.82 Å². The van der Waals surface area contributed by atoms with E-state index in [4.69, 9.17) is 9.26 Å². The molecule has 0 radical (unpaired) electrons. The monoisotopic (exact) mass is 290 g/mol. The van der Waals surface area contributed by atoms with Crippen LogP contribution in [0.25, 0.3) is 11.3 Å². The van der Waals surface area contributed by atoms with Gasteiger partial charge in [0.15, 0.2) is 5.76 Å². The molecule has 1 aliphatic rings. The van der Waals surface area contributed by atoms with E-state index in [9.17, 15) is 9.18 Å². The van der Waals surface area contributed by atoms with Gasteiger partial charge in [0.1, 0.15) is 5.82 Å². The molecule has 21 heavy (non-hydrogen) atoms. The molecule has 0 aliphatic carbocycles. The number of rotatable bonds is 2. The van der Waals surface area contributed by atoms with E-state index < -0.39 is 0 Å². The number of nitrogens with zero attached hydrogens (tertiary/aromatic N) is 2. The Bertz CT molecular complexity index is 651. The second-order valence-electron chi connectivity index (χ2n) is 4.81. The molecule has 1 aromatic carbocycles. The largest absolute Gasteiger partial charge is 0.450 e. The first-order valence-electron chi connectivity index (χ1n) is 6.84. The number of hydrogen-bond donors (Lipinski definition) is 0.